The van der Waals surface area contributed by atoms with Crippen LogP contribution in [0.25, 0.3) is 10.8 Å². The fourth-order valence-corrected chi connectivity index (χ4v) is 3.93. The minimum absolute atomic E-state index is 0.117. The van der Waals surface area contributed by atoms with Crippen LogP contribution in [-0.4, -0.2) is 26.6 Å². The minimum atomic E-state index is -2.66. The quantitative estimate of drug-likeness (QED) is 0.588. The average Bonchev–Trinajstić information content (AvgIpc) is 3.00. The van der Waals surface area contributed by atoms with Crippen molar-refractivity contribution in [2.45, 2.75) is 17.6 Å². The zero-order valence-electron chi connectivity index (χ0n) is 13.2. The van der Waals surface area contributed by atoms with E-state index in [9.17, 15) is 13.6 Å². The van der Waals surface area contributed by atoms with Crippen LogP contribution in [0.1, 0.15) is 15.4 Å². The van der Waals surface area contributed by atoms with Crippen molar-refractivity contribution in [2.75, 3.05) is 5.32 Å². The molecule has 1 amide bonds. The number of nitrogens with one attached hydrogen (secondary N) is 1. The van der Waals surface area contributed by atoms with Crippen LogP contribution in [-0.2, 0) is 0 Å². The lowest BCUT2D eigenvalue weighted by Crippen LogP contribution is -2.12. The second kappa shape index (κ2) is 8.07. The van der Waals surface area contributed by atoms with Crippen LogP contribution in [0, 0.1) is 6.92 Å². The zero-order chi connectivity index (χ0) is 18.7. The van der Waals surface area contributed by atoms with Crippen molar-refractivity contribution in [3.05, 3.63) is 52.3 Å². The summed E-state index contributed by atoms with van der Waals surface area (Å²) in [7, 11) is 0. The molecule has 0 radical (unpaired) electrons. The number of carbonyl (C=O) groups is 1. The molecular weight excluding hydrogens is 402 g/mol. The fraction of sp³-hybridized carbons (Fsp3) is 0.125. The maximum Gasteiger partial charge on any atom is 0.289 e. The van der Waals surface area contributed by atoms with Crippen molar-refractivity contribution in [3.8, 4) is 10.8 Å². The summed E-state index contributed by atoms with van der Waals surface area (Å²) in [4.78, 5) is 25.6. The zero-order valence-corrected chi connectivity index (χ0v) is 15.6. The number of alkyl halides is 2. The Morgan fingerprint density at radius 1 is 1.27 bits per heavy atom. The maximum atomic E-state index is 12.8. The second-order valence-corrected chi connectivity index (χ2v) is 7.36. The van der Waals surface area contributed by atoms with Gasteiger partial charge in [-0.1, -0.05) is 29.4 Å². The molecule has 5 nitrogen and oxygen atoms in total. The van der Waals surface area contributed by atoms with Gasteiger partial charge >= 0.3 is 0 Å². The van der Waals surface area contributed by atoms with Gasteiger partial charge in [-0.25, -0.2) is 15.0 Å². The predicted molar refractivity (Wildman–Crippen MR) is 99.1 cm³/mol. The lowest BCUT2D eigenvalue weighted by atomic mass is 10.3. The van der Waals surface area contributed by atoms with Gasteiger partial charge in [0.15, 0.2) is 10.8 Å². The molecule has 26 heavy (non-hydrogen) atoms. The normalized spacial score (nSPS) is 11.0. The molecule has 0 saturated carbocycles. The third-order valence-electron chi connectivity index (χ3n) is 3.18. The van der Waals surface area contributed by atoms with E-state index in [1.54, 1.807) is 31.5 Å². The van der Waals surface area contributed by atoms with Crippen LogP contribution in [0.4, 0.5) is 14.5 Å². The number of aryl methyl sites for hydroxylation is 1. The Labute approximate surface area is 160 Å². The lowest BCUT2D eigenvalue weighted by Gasteiger charge is -2.11. The highest BCUT2D eigenvalue weighted by molar-refractivity contribution is 7.99. The first-order valence-electron chi connectivity index (χ1n) is 7.25. The van der Waals surface area contributed by atoms with E-state index in [1.165, 1.54) is 12.1 Å². The number of thioether (sulfide) groups is 1. The number of carbonyl (C=O) groups excluding carboxylic acids is 1. The maximum absolute atomic E-state index is 12.8. The molecule has 10 heteroatoms. The molecular formula is C16H11ClF2N4OS2. The summed E-state index contributed by atoms with van der Waals surface area (Å²) in [6, 6.07) is 6.27. The van der Waals surface area contributed by atoms with Gasteiger partial charge < -0.3 is 5.32 Å². The molecule has 3 rings (SSSR count). The van der Waals surface area contributed by atoms with E-state index >= 15 is 0 Å². The standard InChI is InChI=1S/C16H11ClF2N4OS2/c1-8-11(25-15(22-8)13-20-6-3-7-21-13)14(24)23-10-5-2-4-9(17)12(10)26-16(18)19/h2-7,16H,1H3,(H,23,24). The van der Waals surface area contributed by atoms with E-state index in [2.05, 4.69) is 20.3 Å². The lowest BCUT2D eigenvalue weighted by molar-refractivity contribution is 0.102. The molecule has 0 aliphatic heterocycles. The summed E-state index contributed by atoms with van der Waals surface area (Å²) in [5, 5.41) is 3.28. The van der Waals surface area contributed by atoms with Crippen molar-refractivity contribution in [1.29, 1.82) is 0 Å². The van der Waals surface area contributed by atoms with Gasteiger partial charge in [-0.15, -0.1) is 11.3 Å². The highest BCUT2D eigenvalue weighted by Crippen LogP contribution is 2.38. The van der Waals surface area contributed by atoms with E-state index < -0.39 is 11.7 Å². The van der Waals surface area contributed by atoms with Crippen molar-refractivity contribution >= 4 is 46.3 Å². The second-order valence-electron chi connectivity index (χ2n) is 4.96. The molecule has 0 saturated heterocycles. The molecule has 2 aromatic heterocycles. The summed E-state index contributed by atoms with van der Waals surface area (Å²) in [6.07, 6.45) is 3.16. The number of rotatable bonds is 5. The Morgan fingerprint density at radius 3 is 2.69 bits per heavy atom. The number of hydrogen-bond donors (Lipinski definition) is 1. The average molecular weight is 413 g/mol. The molecule has 0 bridgehead atoms. The monoisotopic (exact) mass is 412 g/mol. The first kappa shape index (κ1) is 18.7. The highest BCUT2D eigenvalue weighted by atomic mass is 35.5. The number of anilines is 1. The van der Waals surface area contributed by atoms with Gasteiger partial charge in [0.05, 0.1) is 21.3 Å². The minimum Gasteiger partial charge on any atom is -0.320 e. The molecule has 0 aliphatic carbocycles. The van der Waals surface area contributed by atoms with Gasteiger partial charge in [0, 0.05) is 12.4 Å². The third kappa shape index (κ3) is 4.17. The van der Waals surface area contributed by atoms with Gasteiger partial charge in [0.25, 0.3) is 11.7 Å². The molecule has 1 N–H and O–H groups in total. The van der Waals surface area contributed by atoms with E-state index in [4.69, 9.17) is 11.6 Å². The molecule has 0 spiro atoms. The van der Waals surface area contributed by atoms with Crippen molar-refractivity contribution in [1.82, 2.24) is 15.0 Å². The van der Waals surface area contributed by atoms with Crippen LogP contribution < -0.4 is 5.32 Å². The van der Waals surface area contributed by atoms with E-state index in [0.717, 1.165) is 11.3 Å². The van der Waals surface area contributed by atoms with Crippen LogP contribution in [0.2, 0.25) is 5.02 Å². The van der Waals surface area contributed by atoms with Gasteiger partial charge in [-0.2, -0.15) is 8.78 Å². The first-order chi connectivity index (χ1) is 12.5. The van der Waals surface area contributed by atoms with Crippen LogP contribution in [0.15, 0.2) is 41.6 Å². The van der Waals surface area contributed by atoms with E-state index in [0.29, 0.717) is 21.4 Å². The molecule has 3 aromatic rings. The van der Waals surface area contributed by atoms with Gasteiger partial charge in [0.1, 0.15) is 4.88 Å². The number of amides is 1. The van der Waals surface area contributed by atoms with E-state index in [-0.39, 0.29) is 27.4 Å². The summed E-state index contributed by atoms with van der Waals surface area (Å²) < 4.78 is 25.5. The van der Waals surface area contributed by atoms with Crippen LogP contribution in [0.3, 0.4) is 0 Å². The Balaban J connectivity index is 1.88. The van der Waals surface area contributed by atoms with Gasteiger partial charge in [0.2, 0.25) is 0 Å². The van der Waals surface area contributed by atoms with Crippen molar-refractivity contribution < 1.29 is 13.6 Å². The summed E-state index contributed by atoms with van der Waals surface area (Å²) in [6.45, 7) is 1.69. The molecule has 0 atom stereocenters. The largest absolute Gasteiger partial charge is 0.320 e. The molecule has 2 heterocycles. The molecule has 1 aromatic carbocycles. The fourth-order valence-electron chi connectivity index (χ4n) is 2.11. The number of nitrogens with zero attached hydrogens (tertiary/aromatic N) is 3. The molecule has 0 aliphatic rings. The summed E-state index contributed by atoms with van der Waals surface area (Å²) >= 11 is 7.40. The smallest absolute Gasteiger partial charge is 0.289 e. The SMILES string of the molecule is Cc1nc(-c2ncccn2)sc1C(=O)Nc1cccc(Cl)c1SC(F)F. The Morgan fingerprint density at radius 2 is 2.00 bits per heavy atom. The van der Waals surface area contributed by atoms with Crippen molar-refractivity contribution in [2.24, 2.45) is 0 Å². The molecule has 0 fully saturated rings. The molecule has 134 valence electrons. The number of thiazole rings is 1. The number of benzene rings is 1. The highest BCUT2D eigenvalue weighted by Gasteiger charge is 2.20. The predicted octanol–water partition coefficient (Wildman–Crippen LogP) is 5.13. The Hall–Kier alpha value is -2.10. The number of aromatic nitrogens is 3. The Bertz CT molecular complexity index is 937. The van der Waals surface area contributed by atoms with Crippen LogP contribution in [0.5, 0.6) is 0 Å². The first-order valence-corrected chi connectivity index (χ1v) is 9.32. The molecule has 0 unspecified atom stereocenters. The Kier molecular flexibility index (Phi) is 5.80. The third-order valence-corrected chi connectivity index (χ3v) is 5.61. The summed E-state index contributed by atoms with van der Waals surface area (Å²) in [5.41, 5.74) is 0.721. The summed E-state index contributed by atoms with van der Waals surface area (Å²) in [5.74, 6) is -2.70. The number of halogens is 3. The van der Waals surface area contributed by atoms with E-state index in [1.807, 2.05) is 0 Å². The topological polar surface area (TPSA) is 67.8 Å². The van der Waals surface area contributed by atoms with Crippen LogP contribution >= 0.6 is 34.7 Å². The van der Waals surface area contributed by atoms with Gasteiger partial charge in [-0.05, 0) is 25.1 Å². The van der Waals surface area contributed by atoms with Gasteiger partial charge in [-0.3, -0.25) is 4.79 Å². The number of hydrogen-bond acceptors (Lipinski definition) is 6. The van der Waals surface area contributed by atoms with Crippen molar-refractivity contribution in [3.63, 3.8) is 0 Å².